The lowest BCUT2D eigenvalue weighted by molar-refractivity contribution is -0.272. The van der Waals surface area contributed by atoms with Gasteiger partial charge in [0.25, 0.3) is 0 Å². The molecule has 0 spiro atoms. The van der Waals surface area contributed by atoms with E-state index in [0.29, 0.717) is 18.6 Å². The molecule has 0 aromatic rings. The van der Waals surface area contributed by atoms with E-state index < -0.39 is 5.97 Å². The zero-order chi connectivity index (χ0) is 9.40. The van der Waals surface area contributed by atoms with E-state index in [9.17, 15) is 4.79 Å². The third kappa shape index (κ3) is 4.87. The van der Waals surface area contributed by atoms with Gasteiger partial charge in [0.2, 0.25) is 0 Å². The second kappa shape index (κ2) is 6.82. The molecule has 0 unspecified atom stereocenters. The molecule has 0 fully saturated rings. The summed E-state index contributed by atoms with van der Waals surface area (Å²) in [7, 11) is 1.54. The van der Waals surface area contributed by atoms with Crippen molar-refractivity contribution in [2.45, 2.75) is 13.3 Å². The molecule has 0 amide bonds. The average Bonchev–Trinajstić information content (AvgIpc) is 2.10. The summed E-state index contributed by atoms with van der Waals surface area (Å²) in [6.07, 6.45) is 0.562. The van der Waals surface area contributed by atoms with Crippen molar-refractivity contribution in [1.29, 1.82) is 0 Å². The highest BCUT2D eigenvalue weighted by Gasteiger charge is 2.06. The maximum atomic E-state index is 10.8. The van der Waals surface area contributed by atoms with E-state index in [1.165, 1.54) is 7.11 Å². The molecule has 0 aliphatic heterocycles. The molecule has 0 aromatic carbocycles. The smallest absolute Gasteiger partial charge is 0.368 e. The van der Waals surface area contributed by atoms with Gasteiger partial charge in [0.05, 0.1) is 6.61 Å². The molecule has 0 heterocycles. The minimum absolute atomic E-state index is 0.235. The zero-order valence-electron chi connectivity index (χ0n) is 7.46. The van der Waals surface area contributed by atoms with Crippen LogP contribution < -0.4 is 0 Å². The number of carbonyl (C=O) groups is 1. The Labute approximate surface area is 72.0 Å². The van der Waals surface area contributed by atoms with Crippen LogP contribution in [-0.4, -0.2) is 26.3 Å². The van der Waals surface area contributed by atoms with E-state index in [2.05, 4.69) is 21.1 Å². The predicted molar refractivity (Wildman–Crippen MR) is 43.4 cm³/mol. The van der Waals surface area contributed by atoms with Gasteiger partial charge >= 0.3 is 5.97 Å². The van der Waals surface area contributed by atoms with Crippen molar-refractivity contribution < 1.29 is 19.3 Å². The van der Waals surface area contributed by atoms with Gasteiger partial charge in [-0.25, -0.2) is 4.79 Å². The Kier molecular flexibility index (Phi) is 6.32. The molecule has 0 aliphatic carbocycles. The van der Waals surface area contributed by atoms with Crippen molar-refractivity contribution in [3.63, 3.8) is 0 Å². The van der Waals surface area contributed by atoms with Crippen molar-refractivity contribution in [3.8, 4) is 0 Å². The highest BCUT2D eigenvalue weighted by Crippen LogP contribution is 1.99. The quantitative estimate of drug-likeness (QED) is 0.261. The maximum Gasteiger partial charge on any atom is 0.368 e. The molecule has 70 valence electrons. The van der Waals surface area contributed by atoms with Crippen LogP contribution in [-0.2, 0) is 19.3 Å². The number of hydrogen-bond acceptors (Lipinski definition) is 4. The third-order valence-electron chi connectivity index (χ3n) is 1.22. The first-order valence-electron chi connectivity index (χ1n) is 3.72. The van der Waals surface area contributed by atoms with Crippen LogP contribution >= 0.6 is 0 Å². The van der Waals surface area contributed by atoms with Crippen molar-refractivity contribution in [2.24, 2.45) is 0 Å². The summed E-state index contributed by atoms with van der Waals surface area (Å²) in [6, 6.07) is 0. The van der Waals surface area contributed by atoms with Gasteiger partial charge in [-0.15, -0.1) is 0 Å². The average molecular weight is 174 g/mol. The first-order chi connectivity index (χ1) is 5.72. The summed E-state index contributed by atoms with van der Waals surface area (Å²) >= 11 is 0. The number of methoxy groups -OCH3 is 1. The van der Waals surface area contributed by atoms with Crippen LogP contribution in [0.3, 0.4) is 0 Å². The van der Waals surface area contributed by atoms with Gasteiger partial charge < -0.3 is 4.74 Å². The van der Waals surface area contributed by atoms with Gasteiger partial charge in [0.1, 0.15) is 6.61 Å². The lowest BCUT2D eigenvalue weighted by atomic mass is 10.2. The molecule has 12 heavy (non-hydrogen) atoms. The fourth-order valence-corrected chi connectivity index (χ4v) is 0.416. The SMILES string of the molecule is C=C(CC)C(=O)OOCCOC. The molecule has 0 rings (SSSR count). The van der Waals surface area contributed by atoms with Crippen molar-refractivity contribution in [1.82, 2.24) is 0 Å². The van der Waals surface area contributed by atoms with Crippen molar-refractivity contribution in [2.75, 3.05) is 20.3 Å². The molecule has 0 radical (unpaired) electrons. The van der Waals surface area contributed by atoms with Crippen LogP contribution in [0.4, 0.5) is 0 Å². The van der Waals surface area contributed by atoms with E-state index in [1.807, 2.05) is 6.92 Å². The van der Waals surface area contributed by atoms with Crippen molar-refractivity contribution >= 4 is 5.97 Å². The predicted octanol–water partition coefficient (Wildman–Crippen LogP) is 1.07. The van der Waals surface area contributed by atoms with E-state index in [-0.39, 0.29) is 6.61 Å². The fourth-order valence-electron chi connectivity index (χ4n) is 0.416. The molecular weight excluding hydrogens is 160 g/mol. The highest BCUT2D eigenvalue weighted by molar-refractivity contribution is 5.87. The Morgan fingerprint density at radius 3 is 2.58 bits per heavy atom. The Balaban J connectivity index is 3.38. The maximum absolute atomic E-state index is 10.8. The van der Waals surface area contributed by atoms with E-state index in [1.54, 1.807) is 0 Å². The van der Waals surface area contributed by atoms with Gasteiger partial charge in [-0.05, 0) is 6.42 Å². The molecule has 0 saturated carbocycles. The standard InChI is InChI=1S/C8H14O4/c1-4-7(2)8(9)12-11-6-5-10-3/h2,4-6H2,1,3H3. The van der Waals surface area contributed by atoms with Gasteiger partial charge in [0, 0.05) is 12.7 Å². The van der Waals surface area contributed by atoms with Gasteiger partial charge in [-0.1, -0.05) is 13.5 Å². The topological polar surface area (TPSA) is 44.8 Å². The molecule has 0 bridgehead atoms. The Hall–Kier alpha value is -0.870. The first-order valence-corrected chi connectivity index (χ1v) is 3.72. The minimum Gasteiger partial charge on any atom is -0.382 e. The number of rotatable bonds is 6. The second-order valence-electron chi connectivity index (χ2n) is 2.14. The van der Waals surface area contributed by atoms with E-state index in [0.717, 1.165) is 0 Å². The number of carbonyl (C=O) groups excluding carboxylic acids is 1. The Bertz CT molecular complexity index is 153. The summed E-state index contributed by atoms with van der Waals surface area (Å²) in [6.45, 7) is 5.93. The lowest BCUT2D eigenvalue weighted by Crippen LogP contribution is -2.10. The molecule has 0 atom stereocenters. The molecular formula is C8H14O4. The Morgan fingerprint density at radius 2 is 2.08 bits per heavy atom. The first kappa shape index (κ1) is 11.1. The highest BCUT2D eigenvalue weighted by atomic mass is 17.2. The van der Waals surface area contributed by atoms with Crippen LogP contribution in [0.5, 0.6) is 0 Å². The number of ether oxygens (including phenoxy) is 1. The molecule has 0 aromatic heterocycles. The van der Waals surface area contributed by atoms with E-state index >= 15 is 0 Å². The van der Waals surface area contributed by atoms with Crippen LogP contribution in [0.15, 0.2) is 12.2 Å². The molecule has 0 saturated heterocycles. The zero-order valence-corrected chi connectivity index (χ0v) is 7.46. The summed E-state index contributed by atoms with van der Waals surface area (Å²) < 4.78 is 4.67. The molecule has 0 N–H and O–H groups in total. The summed E-state index contributed by atoms with van der Waals surface area (Å²) in [5, 5.41) is 0. The lowest BCUT2D eigenvalue weighted by Gasteiger charge is -2.02. The normalized spacial score (nSPS) is 9.50. The van der Waals surface area contributed by atoms with Crippen LogP contribution in [0, 0.1) is 0 Å². The monoisotopic (exact) mass is 174 g/mol. The van der Waals surface area contributed by atoms with Gasteiger partial charge in [-0.3, -0.25) is 4.89 Å². The fraction of sp³-hybridized carbons (Fsp3) is 0.625. The third-order valence-corrected chi connectivity index (χ3v) is 1.22. The minimum atomic E-state index is -0.520. The summed E-state index contributed by atoms with van der Waals surface area (Å²) in [5.41, 5.74) is 0.396. The van der Waals surface area contributed by atoms with E-state index in [4.69, 9.17) is 0 Å². The largest absolute Gasteiger partial charge is 0.382 e. The van der Waals surface area contributed by atoms with Gasteiger partial charge in [-0.2, -0.15) is 4.89 Å². The molecule has 0 aliphatic rings. The van der Waals surface area contributed by atoms with Crippen LogP contribution in [0.25, 0.3) is 0 Å². The van der Waals surface area contributed by atoms with Crippen LogP contribution in [0.1, 0.15) is 13.3 Å². The summed E-state index contributed by atoms with van der Waals surface area (Å²) in [4.78, 5) is 19.8. The molecule has 4 nitrogen and oxygen atoms in total. The summed E-state index contributed by atoms with van der Waals surface area (Å²) in [5.74, 6) is -0.520. The van der Waals surface area contributed by atoms with Crippen molar-refractivity contribution in [3.05, 3.63) is 12.2 Å². The van der Waals surface area contributed by atoms with Gasteiger partial charge in [0.15, 0.2) is 0 Å². The Morgan fingerprint density at radius 1 is 1.42 bits per heavy atom. The van der Waals surface area contributed by atoms with Crippen LogP contribution in [0.2, 0.25) is 0 Å². The number of hydrogen-bond donors (Lipinski definition) is 0. The molecule has 4 heteroatoms. The second-order valence-corrected chi connectivity index (χ2v) is 2.14.